The lowest BCUT2D eigenvalue weighted by Gasteiger charge is -2.24. The molecule has 0 aliphatic carbocycles. The Kier molecular flexibility index (Phi) is 3.00. The van der Waals surface area contributed by atoms with Crippen molar-refractivity contribution in [1.29, 1.82) is 0 Å². The molecule has 1 unspecified atom stereocenters. The van der Waals surface area contributed by atoms with E-state index in [2.05, 4.69) is 0 Å². The molecule has 1 aliphatic heterocycles. The summed E-state index contributed by atoms with van der Waals surface area (Å²) in [7, 11) is 1.37. The van der Waals surface area contributed by atoms with Gasteiger partial charge in [0.25, 0.3) is 0 Å². The minimum atomic E-state index is -0.675. The second kappa shape index (κ2) is 4.15. The van der Waals surface area contributed by atoms with E-state index in [1.165, 1.54) is 7.11 Å². The summed E-state index contributed by atoms with van der Waals surface area (Å²) in [5, 5.41) is 10.2. The van der Waals surface area contributed by atoms with Gasteiger partial charge in [-0.2, -0.15) is 0 Å². The van der Waals surface area contributed by atoms with E-state index in [1.807, 2.05) is 27.7 Å². The molecule has 1 N–H and O–H groups in total. The van der Waals surface area contributed by atoms with Crippen molar-refractivity contribution in [2.24, 2.45) is 0 Å². The molecular formula is C15H20O4. The van der Waals surface area contributed by atoms with Crippen LogP contribution in [0.1, 0.15) is 42.0 Å². The summed E-state index contributed by atoms with van der Waals surface area (Å²) in [4.78, 5) is 12.1. The molecule has 1 heterocycles. The number of carbonyl (C=O) groups excluding carboxylic acids is 1. The standard InChI is InChI=1S/C15H20O4/c1-7-8(2)13-10(9(3)12(7)16)11(14(17)18-6)15(4,5)19-13/h11,16H,1-6H3. The highest BCUT2D eigenvalue weighted by Gasteiger charge is 2.48. The highest BCUT2D eigenvalue weighted by Crippen LogP contribution is 2.51. The molecule has 104 valence electrons. The molecule has 0 bridgehead atoms. The van der Waals surface area contributed by atoms with Crippen LogP contribution >= 0.6 is 0 Å². The zero-order chi connectivity index (χ0) is 14.5. The summed E-state index contributed by atoms with van der Waals surface area (Å²) in [6.07, 6.45) is 0. The second-order valence-electron chi connectivity index (χ2n) is 5.63. The largest absolute Gasteiger partial charge is 0.507 e. The van der Waals surface area contributed by atoms with Gasteiger partial charge in [0.15, 0.2) is 0 Å². The number of carbonyl (C=O) groups is 1. The molecule has 0 radical (unpaired) electrons. The minimum absolute atomic E-state index is 0.228. The highest BCUT2D eigenvalue weighted by atomic mass is 16.5. The molecule has 4 nitrogen and oxygen atoms in total. The summed E-state index contributed by atoms with van der Waals surface area (Å²) in [6.45, 7) is 9.27. The number of hydrogen-bond acceptors (Lipinski definition) is 4. The fraction of sp³-hybridized carbons (Fsp3) is 0.533. The topological polar surface area (TPSA) is 55.8 Å². The van der Waals surface area contributed by atoms with E-state index in [4.69, 9.17) is 9.47 Å². The van der Waals surface area contributed by atoms with Crippen LogP contribution in [-0.2, 0) is 9.53 Å². The molecule has 1 aromatic carbocycles. The summed E-state index contributed by atoms with van der Waals surface area (Å²) in [5.74, 6) is 0.0758. The van der Waals surface area contributed by atoms with Gasteiger partial charge in [0, 0.05) is 5.56 Å². The average molecular weight is 264 g/mol. The number of fused-ring (bicyclic) bond motifs is 1. The van der Waals surface area contributed by atoms with E-state index in [-0.39, 0.29) is 11.7 Å². The molecule has 2 rings (SSSR count). The van der Waals surface area contributed by atoms with Gasteiger partial charge >= 0.3 is 5.97 Å². The number of ether oxygens (including phenoxy) is 2. The van der Waals surface area contributed by atoms with Crippen LogP contribution in [0.5, 0.6) is 11.5 Å². The smallest absolute Gasteiger partial charge is 0.317 e. The number of esters is 1. The van der Waals surface area contributed by atoms with Crippen LogP contribution in [0, 0.1) is 20.8 Å². The van der Waals surface area contributed by atoms with Crippen molar-refractivity contribution in [3.63, 3.8) is 0 Å². The number of phenols is 1. The van der Waals surface area contributed by atoms with Crippen molar-refractivity contribution in [3.8, 4) is 11.5 Å². The third-order valence-corrected chi connectivity index (χ3v) is 4.05. The Bertz CT molecular complexity index is 558. The van der Waals surface area contributed by atoms with Crippen molar-refractivity contribution in [2.75, 3.05) is 7.11 Å². The van der Waals surface area contributed by atoms with Crippen LogP contribution in [0.4, 0.5) is 0 Å². The molecule has 0 fully saturated rings. The van der Waals surface area contributed by atoms with E-state index in [0.717, 1.165) is 16.7 Å². The first-order valence-corrected chi connectivity index (χ1v) is 6.31. The molecule has 0 amide bonds. The van der Waals surface area contributed by atoms with Gasteiger partial charge in [-0.25, -0.2) is 0 Å². The van der Waals surface area contributed by atoms with Gasteiger partial charge in [0.2, 0.25) is 0 Å². The maximum atomic E-state index is 12.1. The van der Waals surface area contributed by atoms with E-state index < -0.39 is 11.5 Å². The lowest BCUT2D eigenvalue weighted by molar-refractivity contribution is -0.145. The van der Waals surface area contributed by atoms with Crippen molar-refractivity contribution in [1.82, 2.24) is 0 Å². The van der Waals surface area contributed by atoms with Gasteiger partial charge in [-0.1, -0.05) is 0 Å². The molecule has 1 aliphatic rings. The number of phenolic OH excluding ortho intramolecular Hbond substituents is 1. The Balaban J connectivity index is 2.76. The second-order valence-corrected chi connectivity index (χ2v) is 5.63. The Morgan fingerprint density at radius 2 is 1.79 bits per heavy atom. The molecule has 19 heavy (non-hydrogen) atoms. The summed E-state index contributed by atoms with van der Waals surface area (Å²) in [5.41, 5.74) is 2.43. The van der Waals surface area contributed by atoms with E-state index in [0.29, 0.717) is 11.3 Å². The summed E-state index contributed by atoms with van der Waals surface area (Å²) in [6, 6.07) is 0. The van der Waals surface area contributed by atoms with Gasteiger partial charge < -0.3 is 14.6 Å². The number of benzene rings is 1. The van der Waals surface area contributed by atoms with Crippen LogP contribution in [-0.4, -0.2) is 23.8 Å². The Morgan fingerprint density at radius 3 is 2.32 bits per heavy atom. The zero-order valence-electron chi connectivity index (χ0n) is 12.2. The van der Waals surface area contributed by atoms with E-state index in [1.54, 1.807) is 6.92 Å². The van der Waals surface area contributed by atoms with Crippen molar-refractivity contribution >= 4 is 5.97 Å². The van der Waals surface area contributed by atoms with Crippen LogP contribution in [0.2, 0.25) is 0 Å². The van der Waals surface area contributed by atoms with Gasteiger partial charge in [-0.3, -0.25) is 4.79 Å². The first kappa shape index (κ1) is 13.7. The predicted molar refractivity (Wildman–Crippen MR) is 71.8 cm³/mol. The predicted octanol–water partition coefficient (Wildman–Crippen LogP) is 2.75. The van der Waals surface area contributed by atoms with Crippen molar-refractivity contribution < 1.29 is 19.4 Å². The first-order valence-electron chi connectivity index (χ1n) is 6.31. The van der Waals surface area contributed by atoms with Crippen LogP contribution in [0.15, 0.2) is 0 Å². The minimum Gasteiger partial charge on any atom is -0.507 e. The lowest BCUT2D eigenvalue weighted by atomic mass is 9.83. The van der Waals surface area contributed by atoms with Crippen LogP contribution in [0.3, 0.4) is 0 Å². The summed E-state index contributed by atoms with van der Waals surface area (Å²) >= 11 is 0. The lowest BCUT2D eigenvalue weighted by Crippen LogP contribution is -2.35. The van der Waals surface area contributed by atoms with E-state index >= 15 is 0 Å². The fourth-order valence-corrected chi connectivity index (χ4v) is 2.80. The summed E-state index contributed by atoms with van der Waals surface area (Å²) < 4.78 is 10.9. The normalized spacial score (nSPS) is 19.8. The molecule has 4 heteroatoms. The Hall–Kier alpha value is -1.71. The number of aromatic hydroxyl groups is 1. The molecule has 1 atom stereocenters. The van der Waals surface area contributed by atoms with Crippen molar-refractivity contribution in [3.05, 3.63) is 22.3 Å². The Labute approximate surface area is 113 Å². The van der Waals surface area contributed by atoms with Gasteiger partial charge in [-0.15, -0.1) is 0 Å². The van der Waals surface area contributed by atoms with Gasteiger partial charge in [0.1, 0.15) is 23.0 Å². The molecular weight excluding hydrogens is 244 g/mol. The molecule has 0 aromatic heterocycles. The molecule has 0 spiro atoms. The monoisotopic (exact) mass is 264 g/mol. The molecule has 0 saturated carbocycles. The number of hydrogen-bond donors (Lipinski definition) is 1. The highest BCUT2D eigenvalue weighted by molar-refractivity contribution is 5.84. The zero-order valence-corrected chi connectivity index (χ0v) is 12.2. The van der Waals surface area contributed by atoms with Crippen molar-refractivity contribution in [2.45, 2.75) is 46.1 Å². The quantitative estimate of drug-likeness (QED) is 0.792. The third kappa shape index (κ3) is 1.78. The number of methoxy groups -OCH3 is 1. The van der Waals surface area contributed by atoms with Gasteiger partial charge in [-0.05, 0) is 51.3 Å². The first-order chi connectivity index (χ1) is 8.72. The van der Waals surface area contributed by atoms with Gasteiger partial charge in [0.05, 0.1) is 7.11 Å². The van der Waals surface area contributed by atoms with Crippen LogP contribution < -0.4 is 4.74 Å². The molecule has 1 aromatic rings. The fourth-order valence-electron chi connectivity index (χ4n) is 2.80. The Morgan fingerprint density at radius 1 is 1.21 bits per heavy atom. The van der Waals surface area contributed by atoms with Crippen LogP contribution in [0.25, 0.3) is 0 Å². The van der Waals surface area contributed by atoms with E-state index in [9.17, 15) is 9.90 Å². The SMILES string of the molecule is COC(=O)C1c2c(C)c(O)c(C)c(C)c2OC1(C)C. The molecule has 0 saturated heterocycles. The maximum absolute atomic E-state index is 12.1. The third-order valence-electron chi connectivity index (χ3n) is 4.05. The maximum Gasteiger partial charge on any atom is 0.317 e. The average Bonchev–Trinajstić information content (AvgIpc) is 2.64. The number of rotatable bonds is 1.